The van der Waals surface area contributed by atoms with E-state index in [4.69, 9.17) is 15.2 Å². The number of hydrogen-bond donors (Lipinski definition) is 3. The number of aromatic nitrogens is 3. The van der Waals surface area contributed by atoms with Crippen molar-refractivity contribution in [2.75, 3.05) is 49.0 Å². The third-order valence-electron chi connectivity index (χ3n) is 4.04. The highest BCUT2D eigenvalue weighted by molar-refractivity contribution is 5.77. The van der Waals surface area contributed by atoms with Crippen molar-refractivity contribution >= 4 is 23.5 Å². The zero-order chi connectivity index (χ0) is 20.9. The quantitative estimate of drug-likeness (QED) is 0.356. The van der Waals surface area contributed by atoms with Crippen LogP contribution in [0.25, 0.3) is 0 Å². The summed E-state index contributed by atoms with van der Waals surface area (Å²) in [6, 6.07) is 5.77. The van der Waals surface area contributed by atoms with Crippen molar-refractivity contribution in [2.24, 2.45) is 5.10 Å². The minimum Gasteiger partial charge on any atom is -0.460 e. The van der Waals surface area contributed by atoms with Crippen molar-refractivity contribution in [3.63, 3.8) is 0 Å². The van der Waals surface area contributed by atoms with Crippen LogP contribution in [-0.4, -0.2) is 64.8 Å². The third-order valence-corrected chi connectivity index (χ3v) is 4.04. The molecule has 0 saturated carbocycles. The first-order valence-corrected chi connectivity index (χ1v) is 9.39. The van der Waals surface area contributed by atoms with E-state index in [0.717, 1.165) is 5.56 Å². The number of nitrogen functional groups attached to an aromatic ring is 1. The van der Waals surface area contributed by atoms with E-state index >= 15 is 0 Å². The normalized spacial score (nSPS) is 15.0. The van der Waals surface area contributed by atoms with Gasteiger partial charge in [-0.3, -0.25) is 5.43 Å². The summed E-state index contributed by atoms with van der Waals surface area (Å²) in [6.07, 6.45) is 1.48. The lowest BCUT2D eigenvalue weighted by atomic mass is 10.2. The van der Waals surface area contributed by atoms with E-state index in [1.54, 1.807) is 13.8 Å². The van der Waals surface area contributed by atoms with Gasteiger partial charge in [0.05, 0.1) is 36.4 Å². The van der Waals surface area contributed by atoms with Crippen molar-refractivity contribution in [2.45, 2.75) is 26.4 Å². The van der Waals surface area contributed by atoms with Crippen molar-refractivity contribution in [1.29, 1.82) is 0 Å². The lowest BCUT2D eigenvalue weighted by molar-refractivity contribution is 0.0249. The van der Waals surface area contributed by atoms with Crippen LogP contribution < -0.4 is 20.8 Å². The molecule has 10 nitrogen and oxygen atoms in total. The summed E-state index contributed by atoms with van der Waals surface area (Å²) in [5.41, 5.74) is 10.2. The number of ether oxygens (including phenoxy) is 2. The van der Waals surface area contributed by atoms with Crippen LogP contribution in [0.4, 0.5) is 17.3 Å². The van der Waals surface area contributed by atoms with Crippen molar-refractivity contribution < 1.29 is 14.6 Å². The highest BCUT2D eigenvalue weighted by atomic mass is 16.5. The van der Waals surface area contributed by atoms with Gasteiger partial charge in [0, 0.05) is 13.1 Å². The maximum absolute atomic E-state index is 9.91. The number of nitrogens with one attached hydrogen (secondary N) is 1. The van der Waals surface area contributed by atoms with Gasteiger partial charge in [-0.1, -0.05) is 6.07 Å². The van der Waals surface area contributed by atoms with Crippen LogP contribution in [0, 0.1) is 6.92 Å². The van der Waals surface area contributed by atoms with E-state index in [-0.39, 0.29) is 12.6 Å². The van der Waals surface area contributed by atoms with Gasteiger partial charge >= 0.3 is 6.01 Å². The summed E-state index contributed by atoms with van der Waals surface area (Å²) in [5, 5.41) is 14.1. The minimum atomic E-state index is -1.01. The van der Waals surface area contributed by atoms with Crippen LogP contribution >= 0.6 is 0 Å². The molecule has 0 bridgehead atoms. The maximum atomic E-state index is 9.91. The summed E-state index contributed by atoms with van der Waals surface area (Å²) in [6.45, 7) is 7.86. The second kappa shape index (κ2) is 9.01. The van der Waals surface area contributed by atoms with E-state index < -0.39 is 5.60 Å². The zero-order valence-corrected chi connectivity index (χ0v) is 16.9. The fraction of sp³-hybridized carbons (Fsp3) is 0.474. The highest BCUT2D eigenvalue weighted by Gasteiger charge is 2.19. The molecule has 2 aromatic rings. The summed E-state index contributed by atoms with van der Waals surface area (Å²) in [7, 11) is 0. The number of nitrogens with two attached hydrogens (primary N) is 1. The number of rotatable bonds is 7. The summed E-state index contributed by atoms with van der Waals surface area (Å²) < 4.78 is 11.0. The number of morpholine rings is 1. The minimum absolute atomic E-state index is 0.0498. The zero-order valence-electron chi connectivity index (χ0n) is 16.9. The fourth-order valence-electron chi connectivity index (χ4n) is 2.56. The second-order valence-corrected chi connectivity index (χ2v) is 7.44. The molecule has 1 fully saturated rings. The van der Waals surface area contributed by atoms with Crippen LogP contribution in [0.2, 0.25) is 0 Å². The topological polar surface area (TPSA) is 131 Å². The number of hydrazone groups is 1. The fourth-order valence-corrected chi connectivity index (χ4v) is 2.56. The van der Waals surface area contributed by atoms with Crippen molar-refractivity contribution in [3.05, 3.63) is 29.6 Å². The Kier molecular flexibility index (Phi) is 6.45. The van der Waals surface area contributed by atoms with Gasteiger partial charge in [0.2, 0.25) is 5.95 Å². The predicted octanol–water partition coefficient (Wildman–Crippen LogP) is 1.19. The molecule has 0 spiro atoms. The molecule has 3 rings (SSSR count). The maximum Gasteiger partial charge on any atom is 0.321 e. The molecule has 0 aliphatic carbocycles. The van der Waals surface area contributed by atoms with Gasteiger partial charge in [0.25, 0.3) is 0 Å². The Bertz CT molecular complexity index is 861. The Morgan fingerprint density at radius 1 is 1.31 bits per heavy atom. The van der Waals surface area contributed by atoms with E-state index in [2.05, 4.69) is 25.5 Å². The molecule has 1 aliphatic rings. The van der Waals surface area contributed by atoms with Crippen LogP contribution in [0.15, 0.2) is 23.3 Å². The van der Waals surface area contributed by atoms with E-state index in [9.17, 15) is 5.11 Å². The van der Waals surface area contributed by atoms with Gasteiger partial charge in [-0.15, -0.1) is 0 Å². The SMILES string of the molecule is Cc1ccc(N)c(N/N=C/c2nc(OCC(C)(C)O)nc(N3CCOCC3)n2)c1. The van der Waals surface area contributed by atoms with Crippen molar-refractivity contribution in [1.82, 2.24) is 15.0 Å². The predicted molar refractivity (Wildman–Crippen MR) is 111 cm³/mol. The average molecular weight is 401 g/mol. The van der Waals surface area contributed by atoms with E-state index in [0.29, 0.717) is 49.5 Å². The second-order valence-electron chi connectivity index (χ2n) is 7.44. The first kappa shape index (κ1) is 20.7. The third kappa shape index (κ3) is 6.26. The summed E-state index contributed by atoms with van der Waals surface area (Å²) >= 11 is 0. The Morgan fingerprint density at radius 3 is 2.79 bits per heavy atom. The summed E-state index contributed by atoms with van der Waals surface area (Å²) in [4.78, 5) is 15.1. The molecule has 0 amide bonds. The standard InChI is InChI=1S/C19H27N7O3/c1-13-4-5-14(20)15(10-13)25-21-11-16-22-17(26-6-8-28-9-7-26)24-18(23-16)29-12-19(2,3)27/h4-5,10-11,25,27H,6-9,12,20H2,1-3H3/b21-11+. The Hall–Kier alpha value is -2.98. The van der Waals surface area contributed by atoms with Crippen LogP contribution in [0.3, 0.4) is 0 Å². The highest BCUT2D eigenvalue weighted by Crippen LogP contribution is 2.19. The van der Waals surface area contributed by atoms with Gasteiger partial charge in [-0.25, -0.2) is 0 Å². The van der Waals surface area contributed by atoms with Gasteiger partial charge in [0.1, 0.15) is 6.61 Å². The van der Waals surface area contributed by atoms with Crippen LogP contribution in [0.1, 0.15) is 25.2 Å². The molecule has 1 aromatic heterocycles. The molecular formula is C19H27N7O3. The van der Waals surface area contributed by atoms with E-state index in [1.165, 1.54) is 6.21 Å². The van der Waals surface area contributed by atoms with Crippen LogP contribution in [0.5, 0.6) is 6.01 Å². The van der Waals surface area contributed by atoms with E-state index in [1.807, 2.05) is 30.0 Å². The van der Waals surface area contributed by atoms with Gasteiger partial charge in [-0.05, 0) is 38.5 Å². The Morgan fingerprint density at radius 2 is 2.07 bits per heavy atom. The first-order chi connectivity index (χ1) is 13.8. The molecular weight excluding hydrogens is 374 g/mol. The molecule has 2 heterocycles. The number of anilines is 3. The van der Waals surface area contributed by atoms with Gasteiger partial charge in [-0.2, -0.15) is 20.1 Å². The molecule has 10 heteroatoms. The smallest absolute Gasteiger partial charge is 0.321 e. The average Bonchev–Trinajstić information content (AvgIpc) is 2.69. The number of hydrogen-bond acceptors (Lipinski definition) is 10. The lowest BCUT2D eigenvalue weighted by Crippen LogP contribution is -2.37. The molecule has 0 radical (unpaired) electrons. The molecule has 1 saturated heterocycles. The first-order valence-electron chi connectivity index (χ1n) is 9.39. The lowest BCUT2D eigenvalue weighted by Gasteiger charge is -2.27. The van der Waals surface area contributed by atoms with Crippen LogP contribution in [-0.2, 0) is 4.74 Å². The molecule has 4 N–H and O–H groups in total. The number of nitrogens with zero attached hydrogens (tertiary/aromatic N) is 5. The number of aryl methyl sites for hydroxylation is 1. The molecule has 29 heavy (non-hydrogen) atoms. The largest absolute Gasteiger partial charge is 0.460 e. The van der Waals surface area contributed by atoms with Gasteiger partial charge in [0.15, 0.2) is 5.82 Å². The molecule has 156 valence electrons. The van der Waals surface area contributed by atoms with Crippen molar-refractivity contribution in [3.8, 4) is 6.01 Å². The molecule has 1 aliphatic heterocycles. The molecule has 0 unspecified atom stereocenters. The number of aliphatic hydroxyl groups is 1. The molecule has 0 atom stereocenters. The summed E-state index contributed by atoms with van der Waals surface area (Å²) in [5.74, 6) is 0.802. The van der Waals surface area contributed by atoms with Gasteiger partial charge < -0.3 is 25.2 Å². The Labute approximate surface area is 169 Å². The Balaban J connectivity index is 1.80. The monoisotopic (exact) mass is 401 g/mol. The number of benzene rings is 1. The molecule has 1 aromatic carbocycles.